The minimum absolute atomic E-state index is 0. The molecule has 0 N–H and O–H groups in total. The van der Waals surface area contributed by atoms with E-state index in [9.17, 15) is 4.79 Å². The molecule has 0 aromatic heterocycles. The first-order chi connectivity index (χ1) is 3.66. The van der Waals surface area contributed by atoms with Gasteiger partial charge in [-0.05, 0) is 6.92 Å². The van der Waals surface area contributed by atoms with Gasteiger partial charge in [0.1, 0.15) is 0 Å². The molecule has 0 saturated heterocycles. The second-order valence-corrected chi connectivity index (χ2v) is 1.42. The van der Waals surface area contributed by atoms with Crippen LogP contribution in [0.4, 0.5) is 0 Å². The monoisotopic (exact) mass is 136 g/mol. The van der Waals surface area contributed by atoms with Crippen LogP contribution in [0.2, 0.25) is 0 Å². The third-order valence-electron chi connectivity index (χ3n) is 0.577. The molecule has 9 heavy (non-hydrogen) atoms. The maximum absolute atomic E-state index is 10.1. The Labute approximate surface area is 78.7 Å². The van der Waals surface area contributed by atoms with Gasteiger partial charge in [0, 0.05) is 6.92 Å². The zero-order chi connectivity index (χ0) is 6.57. The van der Waals surface area contributed by atoms with E-state index in [4.69, 9.17) is 6.42 Å². The number of hydrogen-bond acceptors (Lipinski definition) is 2. The number of ether oxygens (including phenoxy) is 1. The average Bonchev–Trinajstić information content (AvgIpc) is 1.65. The van der Waals surface area contributed by atoms with Crippen molar-refractivity contribution in [3.05, 3.63) is 0 Å². The van der Waals surface area contributed by atoms with Crippen molar-refractivity contribution in [2.24, 2.45) is 0 Å². The maximum atomic E-state index is 10.1. The minimum Gasteiger partial charge on any atom is -1.00 e. The topological polar surface area (TPSA) is 26.3 Å². The number of carbonyl (C=O) groups is 1. The fourth-order valence-corrected chi connectivity index (χ4v) is 0.283. The number of terminal acetylenes is 1. The van der Waals surface area contributed by atoms with E-state index in [2.05, 4.69) is 10.7 Å². The average molecular weight is 136 g/mol. The fourth-order valence-electron chi connectivity index (χ4n) is 0.283. The summed E-state index contributed by atoms with van der Waals surface area (Å²) in [4.78, 5) is 10.1. The molecule has 0 aliphatic rings. The molecule has 0 aliphatic carbocycles. The molecule has 1 unspecified atom stereocenters. The molecule has 0 radical (unpaired) electrons. The summed E-state index contributed by atoms with van der Waals surface area (Å²) in [6.45, 7) is 2.97. The van der Waals surface area contributed by atoms with Gasteiger partial charge in [-0.2, -0.15) is 0 Å². The molecule has 0 aromatic rings. The van der Waals surface area contributed by atoms with E-state index in [0.717, 1.165) is 0 Å². The Bertz CT molecular complexity index is 130. The van der Waals surface area contributed by atoms with Crippen LogP contribution in [0.25, 0.3) is 0 Å². The zero-order valence-electron chi connectivity index (χ0n) is 6.97. The molecule has 0 fully saturated rings. The molecule has 0 bridgehead atoms. The van der Waals surface area contributed by atoms with Crippen molar-refractivity contribution in [3.8, 4) is 12.3 Å². The summed E-state index contributed by atoms with van der Waals surface area (Å²) in [7, 11) is 0. The summed E-state index contributed by atoms with van der Waals surface area (Å²) >= 11 is 0. The van der Waals surface area contributed by atoms with Gasteiger partial charge in [-0.15, -0.1) is 6.42 Å². The Morgan fingerprint density at radius 2 is 2.33 bits per heavy atom. The molecule has 3 heteroatoms. The van der Waals surface area contributed by atoms with Gasteiger partial charge in [-0.1, -0.05) is 5.92 Å². The maximum Gasteiger partial charge on any atom is 1.00 e. The standard InChI is InChI=1S/C6H8O2.Na.H/c1-4-5(2)8-6(3)7;;/h1,5H,2-3H3;;/q;+1;-1. The van der Waals surface area contributed by atoms with Crippen LogP contribution in [0.15, 0.2) is 0 Å². The van der Waals surface area contributed by atoms with E-state index in [0.29, 0.717) is 0 Å². The Kier molecular flexibility index (Phi) is 8.06. The Hall–Kier alpha value is 0.0300. The fraction of sp³-hybridized carbons (Fsp3) is 0.500. The third kappa shape index (κ3) is 8.03. The summed E-state index contributed by atoms with van der Waals surface area (Å²) < 4.78 is 4.52. The van der Waals surface area contributed by atoms with Crippen LogP contribution >= 0.6 is 0 Å². The molecule has 0 aliphatic heterocycles. The van der Waals surface area contributed by atoms with Gasteiger partial charge >= 0.3 is 35.5 Å². The normalized spacial score (nSPS) is 10.3. The molecular weight excluding hydrogens is 127 g/mol. The first kappa shape index (κ1) is 11.8. The number of carbonyl (C=O) groups excluding carboxylic acids is 1. The van der Waals surface area contributed by atoms with E-state index in [1.807, 2.05) is 0 Å². The molecule has 0 spiro atoms. The van der Waals surface area contributed by atoms with Crippen molar-refractivity contribution in [1.82, 2.24) is 0 Å². The van der Waals surface area contributed by atoms with Crippen LogP contribution in [0, 0.1) is 12.3 Å². The smallest absolute Gasteiger partial charge is 1.00 e. The molecule has 0 aromatic carbocycles. The first-order valence-electron chi connectivity index (χ1n) is 2.30. The molecule has 0 amide bonds. The Balaban J connectivity index is -0.000000245. The Morgan fingerprint density at radius 3 is 2.44 bits per heavy atom. The van der Waals surface area contributed by atoms with Gasteiger partial charge in [-0.3, -0.25) is 4.79 Å². The van der Waals surface area contributed by atoms with Gasteiger partial charge < -0.3 is 6.16 Å². The molecule has 2 nitrogen and oxygen atoms in total. The van der Waals surface area contributed by atoms with Crippen molar-refractivity contribution in [1.29, 1.82) is 0 Å². The number of hydrogen-bond donors (Lipinski definition) is 0. The van der Waals surface area contributed by atoms with Gasteiger partial charge in [-0.25, -0.2) is 0 Å². The summed E-state index contributed by atoms with van der Waals surface area (Å²) in [5.41, 5.74) is 0. The number of esters is 1. The first-order valence-corrected chi connectivity index (χ1v) is 2.30. The number of rotatable bonds is 1. The summed E-state index contributed by atoms with van der Waals surface area (Å²) in [5.74, 6) is 1.92. The predicted octanol–water partition coefficient (Wildman–Crippen LogP) is -2.31. The van der Waals surface area contributed by atoms with Crippen LogP contribution in [0.1, 0.15) is 15.3 Å². The van der Waals surface area contributed by atoms with Crippen LogP contribution in [0.3, 0.4) is 0 Å². The van der Waals surface area contributed by atoms with E-state index in [1.165, 1.54) is 6.92 Å². The van der Waals surface area contributed by atoms with Crippen LogP contribution in [-0.4, -0.2) is 12.1 Å². The SMILES string of the molecule is C#CC(C)OC(C)=O.[H-].[Na+]. The van der Waals surface area contributed by atoms with Gasteiger partial charge in [0.25, 0.3) is 0 Å². The van der Waals surface area contributed by atoms with E-state index in [1.54, 1.807) is 6.92 Å². The predicted molar refractivity (Wildman–Crippen MR) is 31.2 cm³/mol. The molecule has 0 heterocycles. The van der Waals surface area contributed by atoms with Crippen molar-refractivity contribution in [2.45, 2.75) is 20.0 Å². The van der Waals surface area contributed by atoms with Gasteiger partial charge in [0.05, 0.1) is 0 Å². The summed E-state index contributed by atoms with van der Waals surface area (Å²) in [6, 6.07) is 0. The summed E-state index contributed by atoms with van der Waals surface area (Å²) in [6.07, 6.45) is 4.50. The Morgan fingerprint density at radius 1 is 1.89 bits per heavy atom. The molecule has 1 atom stereocenters. The summed E-state index contributed by atoms with van der Waals surface area (Å²) in [5, 5.41) is 0. The van der Waals surface area contributed by atoms with Crippen molar-refractivity contribution in [2.75, 3.05) is 0 Å². The quantitative estimate of drug-likeness (QED) is 0.230. The van der Waals surface area contributed by atoms with E-state index >= 15 is 0 Å². The second-order valence-electron chi connectivity index (χ2n) is 1.42. The van der Waals surface area contributed by atoms with Gasteiger partial charge in [0.15, 0.2) is 6.10 Å². The van der Waals surface area contributed by atoms with Crippen LogP contribution in [-0.2, 0) is 9.53 Å². The van der Waals surface area contributed by atoms with Crippen molar-refractivity contribution in [3.63, 3.8) is 0 Å². The molecular formula is C6H9NaO2. The van der Waals surface area contributed by atoms with Crippen molar-refractivity contribution >= 4 is 5.97 Å². The minimum atomic E-state index is -0.396. The molecule has 46 valence electrons. The molecule has 0 saturated carbocycles. The van der Waals surface area contributed by atoms with Crippen molar-refractivity contribution < 1.29 is 40.5 Å². The molecule has 0 rings (SSSR count). The van der Waals surface area contributed by atoms with E-state index in [-0.39, 0.29) is 37.0 Å². The largest absolute Gasteiger partial charge is 1.00 e. The second kappa shape index (κ2) is 6.15. The van der Waals surface area contributed by atoms with Gasteiger partial charge in [0.2, 0.25) is 0 Å². The zero-order valence-corrected chi connectivity index (χ0v) is 7.97. The van der Waals surface area contributed by atoms with E-state index < -0.39 is 6.10 Å². The van der Waals surface area contributed by atoms with Crippen LogP contribution in [0.5, 0.6) is 0 Å². The third-order valence-corrected chi connectivity index (χ3v) is 0.577. The van der Waals surface area contributed by atoms with Crippen LogP contribution < -0.4 is 29.6 Å².